The SMILES string of the molecule is Cc1c(F)cccc1NC(=O)CSc1n[nH]c(N/N=C\c2ccco2)n1. The van der Waals surface area contributed by atoms with Crippen molar-refractivity contribution in [1.29, 1.82) is 0 Å². The van der Waals surface area contributed by atoms with Crippen molar-refractivity contribution in [2.45, 2.75) is 12.1 Å². The lowest BCUT2D eigenvalue weighted by Crippen LogP contribution is -2.15. The van der Waals surface area contributed by atoms with Gasteiger partial charge in [0.25, 0.3) is 0 Å². The number of aromatic nitrogens is 3. The molecule has 2 heterocycles. The van der Waals surface area contributed by atoms with E-state index in [1.165, 1.54) is 12.3 Å². The monoisotopic (exact) mass is 374 g/mol. The zero-order valence-corrected chi connectivity index (χ0v) is 14.5. The quantitative estimate of drug-likeness (QED) is 0.333. The van der Waals surface area contributed by atoms with E-state index in [4.69, 9.17) is 4.42 Å². The number of amides is 1. The van der Waals surface area contributed by atoms with Crippen LogP contribution in [0.1, 0.15) is 11.3 Å². The number of H-pyrrole nitrogens is 1. The molecule has 3 aromatic rings. The number of nitrogens with zero attached hydrogens (tertiary/aromatic N) is 3. The van der Waals surface area contributed by atoms with Crippen molar-refractivity contribution in [2.75, 3.05) is 16.5 Å². The van der Waals surface area contributed by atoms with Crippen molar-refractivity contribution >= 4 is 35.5 Å². The number of aromatic amines is 1. The number of hydrazone groups is 1. The van der Waals surface area contributed by atoms with Crippen molar-refractivity contribution in [3.63, 3.8) is 0 Å². The number of thioether (sulfide) groups is 1. The molecule has 0 aliphatic rings. The molecule has 0 saturated heterocycles. The minimum Gasteiger partial charge on any atom is -0.463 e. The van der Waals surface area contributed by atoms with E-state index in [2.05, 4.69) is 31.0 Å². The summed E-state index contributed by atoms with van der Waals surface area (Å²) in [7, 11) is 0. The van der Waals surface area contributed by atoms with Gasteiger partial charge in [-0.1, -0.05) is 17.8 Å². The Hall–Kier alpha value is -3.14. The highest BCUT2D eigenvalue weighted by Gasteiger charge is 2.10. The summed E-state index contributed by atoms with van der Waals surface area (Å²) in [5, 5.41) is 13.6. The molecule has 8 nitrogen and oxygen atoms in total. The van der Waals surface area contributed by atoms with E-state index in [9.17, 15) is 9.18 Å². The lowest BCUT2D eigenvalue weighted by atomic mass is 10.2. The lowest BCUT2D eigenvalue weighted by molar-refractivity contribution is -0.113. The number of halogens is 1. The van der Waals surface area contributed by atoms with Crippen LogP contribution in [0.2, 0.25) is 0 Å². The highest BCUT2D eigenvalue weighted by atomic mass is 32.2. The minimum absolute atomic E-state index is 0.0862. The maximum atomic E-state index is 13.5. The summed E-state index contributed by atoms with van der Waals surface area (Å²) in [4.78, 5) is 16.1. The topological polar surface area (TPSA) is 108 Å². The molecule has 1 amide bonds. The molecule has 10 heteroatoms. The summed E-state index contributed by atoms with van der Waals surface area (Å²) in [5.74, 6) is 0.366. The van der Waals surface area contributed by atoms with Gasteiger partial charge in [-0.05, 0) is 31.2 Å². The third-order valence-electron chi connectivity index (χ3n) is 3.24. The predicted molar refractivity (Wildman–Crippen MR) is 96.8 cm³/mol. The Morgan fingerprint density at radius 2 is 2.31 bits per heavy atom. The Balaban J connectivity index is 1.48. The molecule has 3 N–H and O–H groups in total. The zero-order valence-electron chi connectivity index (χ0n) is 13.7. The van der Waals surface area contributed by atoms with Crippen LogP contribution in [0.5, 0.6) is 0 Å². The second-order valence-corrected chi connectivity index (χ2v) is 6.04. The molecule has 2 aromatic heterocycles. The number of carbonyl (C=O) groups excluding carboxylic acids is 1. The summed E-state index contributed by atoms with van der Waals surface area (Å²) in [6, 6.07) is 8.04. The van der Waals surface area contributed by atoms with Gasteiger partial charge < -0.3 is 9.73 Å². The number of hydrogen-bond acceptors (Lipinski definition) is 7. The fourth-order valence-corrected chi connectivity index (χ4v) is 2.54. The van der Waals surface area contributed by atoms with Crippen LogP contribution in [0.25, 0.3) is 0 Å². The number of anilines is 2. The molecule has 26 heavy (non-hydrogen) atoms. The molecule has 3 rings (SSSR count). The molecule has 0 saturated carbocycles. The van der Waals surface area contributed by atoms with E-state index in [-0.39, 0.29) is 17.5 Å². The Morgan fingerprint density at radius 1 is 1.42 bits per heavy atom. The zero-order chi connectivity index (χ0) is 18.4. The molecule has 0 unspecified atom stereocenters. The van der Waals surface area contributed by atoms with Gasteiger partial charge in [-0.15, -0.1) is 5.10 Å². The highest BCUT2D eigenvalue weighted by Crippen LogP contribution is 2.19. The first-order valence-electron chi connectivity index (χ1n) is 7.54. The predicted octanol–water partition coefficient (Wildman–Crippen LogP) is 3.02. The van der Waals surface area contributed by atoms with Crippen LogP contribution >= 0.6 is 11.8 Å². The van der Waals surface area contributed by atoms with E-state index in [0.29, 0.717) is 28.1 Å². The van der Waals surface area contributed by atoms with Crippen LogP contribution in [0.15, 0.2) is 51.3 Å². The standard InChI is InChI=1S/C16H15FN6O2S/c1-10-12(17)5-2-6-13(10)19-14(24)9-26-16-20-15(22-23-16)21-18-8-11-4-3-7-25-11/h2-8H,9H2,1H3,(H,19,24)(H2,20,21,22,23)/b18-8-. The van der Waals surface area contributed by atoms with Crippen LogP contribution < -0.4 is 10.7 Å². The summed E-state index contributed by atoms with van der Waals surface area (Å²) >= 11 is 1.14. The Bertz CT molecular complexity index is 909. The number of hydrogen-bond donors (Lipinski definition) is 3. The average molecular weight is 374 g/mol. The van der Waals surface area contributed by atoms with Crippen molar-refractivity contribution in [1.82, 2.24) is 15.2 Å². The highest BCUT2D eigenvalue weighted by molar-refractivity contribution is 7.99. The van der Waals surface area contributed by atoms with Crippen molar-refractivity contribution in [3.8, 4) is 0 Å². The fraction of sp³-hybridized carbons (Fsp3) is 0.125. The first kappa shape index (κ1) is 17.7. The Labute approximate surface area is 152 Å². The van der Waals surface area contributed by atoms with Crippen LogP contribution in [0.4, 0.5) is 16.0 Å². The fourth-order valence-electron chi connectivity index (χ4n) is 1.94. The first-order valence-corrected chi connectivity index (χ1v) is 8.53. The number of nitrogens with one attached hydrogen (secondary N) is 3. The van der Waals surface area contributed by atoms with E-state index in [1.54, 1.807) is 37.5 Å². The summed E-state index contributed by atoms with van der Waals surface area (Å²) < 4.78 is 18.6. The number of furan rings is 1. The summed E-state index contributed by atoms with van der Waals surface area (Å²) in [5.41, 5.74) is 3.51. The van der Waals surface area contributed by atoms with Crippen LogP contribution in [0, 0.1) is 12.7 Å². The molecule has 0 spiro atoms. The summed E-state index contributed by atoms with van der Waals surface area (Å²) in [6.07, 6.45) is 3.03. The largest absolute Gasteiger partial charge is 0.463 e. The maximum Gasteiger partial charge on any atom is 0.240 e. The van der Waals surface area contributed by atoms with Gasteiger partial charge in [0, 0.05) is 11.3 Å². The second kappa shape index (κ2) is 8.30. The molecule has 0 atom stereocenters. The maximum absolute atomic E-state index is 13.5. The van der Waals surface area contributed by atoms with E-state index < -0.39 is 0 Å². The second-order valence-electron chi connectivity index (χ2n) is 5.10. The van der Waals surface area contributed by atoms with Crippen molar-refractivity contribution in [2.24, 2.45) is 5.10 Å². The van der Waals surface area contributed by atoms with E-state index in [0.717, 1.165) is 11.8 Å². The van der Waals surface area contributed by atoms with Gasteiger partial charge in [-0.25, -0.2) is 14.9 Å². The smallest absolute Gasteiger partial charge is 0.240 e. The third-order valence-corrected chi connectivity index (χ3v) is 4.09. The molecule has 0 aliphatic carbocycles. The van der Waals surface area contributed by atoms with Crippen molar-refractivity contribution in [3.05, 3.63) is 53.7 Å². The molecule has 134 valence electrons. The summed E-state index contributed by atoms with van der Waals surface area (Å²) in [6.45, 7) is 1.61. The van der Waals surface area contributed by atoms with Gasteiger partial charge in [-0.3, -0.25) is 4.79 Å². The number of carbonyl (C=O) groups is 1. The Kier molecular flexibility index (Phi) is 5.64. The molecular formula is C16H15FN6O2S. The van der Waals surface area contributed by atoms with Gasteiger partial charge in [0.1, 0.15) is 11.6 Å². The van der Waals surface area contributed by atoms with E-state index >= 15 is 0 Å². The van der Waals surface area contributed by atoms with Gasteiger partial charge in [-0.2, -0.15) is 10.1 Å². The molecule has 1 aromatic carbocycles. The van der Waals surface area contributed by atoms with Crippen LogP contribution in [0.3, 0.4) is 0 Å². The minimum atomic E-state index is -0.366. The van der Waals surface area contributed by atoms with Gasteiger partial charge in [0.2, 0.25) is 17.0 Å². The molecule has 0 radical (unpaired) electrons. The number of benzene rings is 1. The lowest BCUT2D eigenvalue weighted by Gasteiger charge is -2.07. The van der Waals surface area contributed by atoms with Gasteiger partial charge >= 0.3 is 0 Å². The Morgan fingerprint density at radius 3 is 3.12 bits per heavy atom. The third kappa shape index (κ3) is 4.70. The van der Waals surface area contributed by atoms with Crippen LogP contribution in [-0.4, -0.2) is 33.1 Å². The van der Waals surface area contributed by atoms with Gasteiger partial charge in [0.05, 0.1) is 18.2 Å². The average Bonchev–Trinajstić information content (AvgIpc) is 3.29. The number of rotatable bonds is 7. The van der Waals surface area contributed by atoms with Crippen LogP contribution in [-0.2, 0) is 4.79 Å². The van der Waals surface area contributed by atoms with E-state index in [1.807, 2.05) is 0 Å². The molecule has 0 bridgehead atoms. The van der Waals surface area contributed by atoms with Crippen molar-refractivity contribution < 1.29 is 13.6 Å². The molecular weight excluding hydrogens is 359 g/mol. The first-order chi connectivity index (χ1) is 12.6. The molecule has 0 fully saturated rings. The van der Waals surface area contributed by atoms with Gasteiger partial charge in [0.15, 0.2) is 0 Å². The normalized spacial score (nSPS) is 11.0. The molecule has 0 aliphatic heterocycles.